The Balaban J connectivity index is 2.24. The smallest absolute Gasteiger partial charge is 0.265 e. The molecule has 0 heterocycles. The van der Waals surface area contributed by atoms with E-state index < -0.39 is 18.0 Å². The van der Waals surface area contributed by atoms with Crippen LogP contribution in [-0.2, 0) is 4.79 Å². The van der Waals surface area contributed by atoms with Crippen LogP contribution in [0.1, 0.15) is 17.3 Å². The molecule has 0 aliphatic heterocycles. The van der Waals surface area contributed by atoms with Crippen LogP contribution in [-0.4, -0.2) is 32.2 Å². The van der Waals surface area contributed by atoms with E-state index in [1.165, 1.54) is 45.4 Å². The number of benzene rings is 2. The summed E-state index contributed by atoms with van der Waals surface area (Å²) in [4.78, 5) is 23.8. The Morgan fingerprint density at radius 3 is 2.22 bits per heavy atom. The molecule has 0 saturated carbocycles. The zero-order chi connectivity index (χ0) is 20.1. The third kappa shape index (κ3) is 4.96. The Bertz CT molecular complexity index is 871. The van der Waals surface area contributed by atoms with Gasteiger partial charge in [-0.05, 0) is 31.2 Å². The number of nitrogens with one attached hydrogen (secondary N) is 1. The highest BCUT2D eigenvalue weighted by Gasteiger charge is 2.20. The molecule has 0 unspecified atom stereocenters. The lowest BCUT2D eigenvalue weighted by atomic mass is 10.1. The van der Waals surface area contributed by atoms with E-state index in [0.717, 1.165) is 0 Å². The summed E-state index contributed by atoms with van der Waals surface area (Å²) in [5, 5.41) is 14.5. The van der Waals surface area contributed by atoms with Gasteiger partial charge in [-0.3, -0.25) is 4.79 Å². The molecule has 144 valence electrons. The molecule has 0 spiro atoms. The summed E-state index contributed by atoms with van der Waals surface area (Å²) in [7, 11) is 2.75. The molecule has 9 heteroatoms. The second-order valence-electron chi connectivity index (χ2n) is 5.36. The van der Waals surface area contributed by atoms with Gasteiger partial charge in [0.2, 0.25) is 0 Å². The first-order chi connectivity index (χ1) is 12.8. The van der Waals surface area contributed by atoms with E-state index in [-0.39, 0.29) is 33.5 Å². The van der Waals surface area contributed by atoms with Crippen molar-refractivity contribution in [1.29, 1.82) is 0 Å². The average molecular weight is 413 g/mol. The van der Waals surface area contributed by atoms with Crippen molar-refractivity contribution in [3.05, 3.63) is 45.9 Å². The van der Waals surface area contributed by atoms with E-state index in [4.69, 9.17) is 37.4 Å². The van der Waals surface area contributed by atoms with Crippen LogP contribution in [0, 0.1) is 0 Å². The summed E-state index contributed by atoms with van der Waals surface area (Å²) in [5.74, 6) is -1.40. The number of aromatic carboxylic acids is 1. The van der Waals surface area contributed by atoms with E-state index in [1.54, 1.807) is 6.07 Å². The van der Waals surface area contributed by atoms with E-state index in [0.29, 0.717) is 5.02 Å². The number of hydrogen-bond donors (Lipinski definition) is 1. The van der Waals surface area contributed by atoms with Gasteiger partial charge in [-0.15, -0.1) is 0 Å². The Morgan fingerprint density at radius 2 is 1.67 bits per heavy atom. The van der Waals surface area contributed by atoms with Crippen molar-refractivity contribution in [2.45, 2.75) is 13.0 Å². The first-order valence-electron chi connectivity index (χ1n) is 7.66. The van der Waals surface area contributed by atoms with Crippen molar-refractivity contribution in [2.75, 3.05) is 19.5 Å². The van der Waals surface area contributed by atoms with E-state index in [1.807, 2.05) is 0 Å². The molecule has 0 fully saturated rings. The third-order valence-corrected chi connectivity index (χ3v) is 4.10. The number of anilines is 1. The van der Waals surface area contributed by atoms with Crippen LogP contribution >= 0.6 is 23.2 Å². The molecule has 0 aliphatic carbocycles. The number of carboxylic acid groups (broad SMARTS) is 1. The summed E-state index contributed by atoms with van der Waals surface area (Å²) in [5.41, 5.74) is -0.284. The summed E-state index contributed by atoms with van der Waals surface area (Å²) < 4.78 is 15.7. The molecule has 1 atom stereocenters. The fourth-order valence-corrected chi connectivity index (χ4v) is 2.65. The highest BCUT2D eigenvalue weighted by Crippen LogP contribution is 2.33. The Hall–Kier alpha value is -2.64. The van der Waals surface area contributed by atoms with Crippen LogP contribution in [0.2, 0.25) is 10.0 Å². The number of halogens is 2. The summed E-state index contributed by atoms with van der Waals surface area (Å²) in [6.07, 6.45) is -0.980. The van der Waals surface area contributed by atoms with Gasteiger partial charge in [-0.2, -0.15) is 0 Å². The van der Waals surface area contributed by atoms with Crippen molar-refractivity contribution in [2.24, 2.45) is 0 Å². The van der Waals surface area contributed by atoms with Gasteiger partial charge in [-0.25, -0.2) is 0 Å². The SMILES string of the molecule is COc1cc(NC(=O)[C@@H](C)Oc2ccc(Cl)cc2Cl)c(C(=O)[O-])cc1OC. The Labute approximate surface area is 165 Å². The minimum atomic E-state index is -1.49. The Kier molecular flexibility index (Phi) is 6.76. The van der Waals surface area contributed by atoms with Crippen LogP contribution < -0.4 is 24.6 Å². The lowest BCUT2D eigenvalue weighted by molar-refractivity contribution is -0.254. The molecular weight excluding hydrogens is 397 g/mol. The molecule has 0 bridgehead atoms. The van der Waals surface area contributed by atoms with Gasteiger partial charge in [0.15, 0.2) is 17.6 Å². The van der Waals surface area contributed by atoms with Crippen molar-refractivity contribution in [1.82, 2.24) is 0 Å². The monoisotopic (exact) mass is 412 g/mol. The molecule has 7 nitrogen and oxygen atoms in total. The van der Waals surface area contributed by atoms with Gasteiger partial charge in [-0.1, -0.05) is 23.2 Å². The highest BCUT2D eigenvalue weighted by molar-refractivity contribution is 6.35. The maximum atomic E-state index is 12.4. The maximum absolute atomic E-state index is 12.4. The van der Waals surface area contributed by atoms with E-state index in [2.05, 4.69) is 5.32 Å². The van der Waals surface area contributed by atoms with Crippen LogP contribution in [0.4, 0.5) is 5.69 Å². The average Bonchev–Trinajstić information content (AvgIpc) is 2.63. The molecule has 0 saturated heterocycles. The molecule has 2 aromatic carbocycles. The standard InChI is InChI=1S/C18H17Cl2NO6/c1-9(27-14-5-4-10(19)6-12(14)20)17(22)21-13-8-16(26-3)15(25-2)7-11(13)18(23)24/h4-9H,1-3H3,(H,21,22)(H,23,24)/p-1/t9-/m1/s1. The topological polar surface area (TPSA) is 96.9 Å². The molecule has 1 amide bonds. The second kappa shape index (κ2) is 8.83. The minimum absolute atomic E-state index is 0.0182. The van der Waals surface area contributed by atoms with Crippen LogP contribution in [0.3, 0.4) is 0 Å². The van der Waals surface area contributed by atoms with Gasteiger partial charge in [0.05, 0.1) is 30.9 Å². The van der Waals surface area contributed by atoms with Gasteiger partial charge >= 0.3 is 0 Å². The molecule has 0 aromatic heterocycles. The molecule has 2 aromatic rings. The normalized spacial score (nSPS) is 11.4. The second-order valence-corrected chi connectivity index (χ2v) is 6.21. The summed E-state index contributed by atoms with van der Waals surface area (Å²) in [6, 6.07) is 7.09. The van der Waals surface area contributed by atoms with Crippen molar-refractivity contribution in [3.8, 4) is 17.2 Å². The van der Waals surface area contributed by atoms with Gasteiger partial charge in [0.25, 0.3) is 5.91 Å². The van der Waals surface area contributed by atoms with E-state index >= 15 is 0 Å². The lowest BCUT2D eigenvalue weighted by Crippen LogP contribution is -2.32. The van der Waals surface area contributed by atoms with Crippen molar-refractivity contribution in [3.63, 3.8) is 0 Å². The number of amides is 1. The van der Waals surface area contributed by atoms with Crippen molar-refractivity contribution >= 4 is 40.8 Å². The zero-order valence-corrected chi connectivity index (χ0v) is 16.2. The van der Waals surface area contributed by atoms with Gasteiger partial charge in [0.1, 0.15) is 5.75 Å². The number of carbonyl (C=O) groups excluding carboxylic acids is 2. The number of carboxylic acids is 1. The zero-order valence-electron chi connectivity index (χ0n) is 14.7. The first kappa shape index (κ1) is 20.7. The van der Waals surface area contributed by atoms with Gasteiger partial charge in [0, 0.05) is 16.7 Å². The number of carbonyl (C=O) groups is 2. The maximum Gasteiger partial charge on any atom is 0.265 e. The molecule has 2 rings (SSSR count). The van der Waals surface area contributed by atoms with Crippen LogP contribution in [0.15, 0.2) is 30.3 Å². The predicted octanol–water partition coefficient (Wildman–Crippen LogP) is 2.78. The molecular formula is C18H16Cl2NO6-. The van der Waals surface area contributed by atoms with Crippen LogP contribution in [0.5, 0.6) is 17.2 Å². The minimum Gasteiger partial charge on any atom is -0.545 e. The summed E-state index contributed by atoms with van der Waals surface area (Å²) in [6.45, 7) is 1.49. The largest absolute Gasteiger partial charge is 0.545 e. The summed E-state index contributed by atoms with van der Waals surface area (Å²) >= 11 is 11.8. The highest BCUT2D eigenvalue weighted by atomic mass is 35.5. The van der Waals surface area contributed by atoms with E-state index in [9.17, 15) is 14.7 Å². The fraction of sp³-hybridized carbons (Fsp3) is 0.222. The lowest BCUT2D eigenvalue weighted by Gasteiger charge is -2.19. The molecule has 0 aliphatic rings. The van der Waals surface area contributed by atoms with Crippen LogP contribution in [0.25, 0.3) is 0 Å². The fourth-order valence-electron chi connectivity index (χ4n) is 2.20. The third-order valence-electron chi connectivity index (χ3n) is 3.57. The number of hydrogen-bond acceptors (Lipinski definition) is 6. The van der Waals surface area contributed by atoms with Gasteiger partial charge < -0.3 is 29.4 Å². The number of methoxy groups -OCH3 is 2. The first-order valence-corrected chi connectivity index (χ1v) is 8.42. The number of rotatable bonds is 7. The Morgan fingerprint density at radius 1 is 1.04 bits per heavy atom. The predicted molar refractivity (Wildman–Crippen MR) is 99.1 cm³/mol. The molecule has 0 radical (unpaired) electrons. The quantitative estimate of drug-likeness (QED) is 0.750. The van der Waals surface area contributed by atoms with Crippen molar-refractivity contribution < 1.29 is 28.9 Å². The molecule has 1 N–H and O–H groups in total. The molecule has 27 heavy (non-hydrogen) atoms. The number of ether oxygens (including phenoxy) is 3.